The van der Waals surface area contributed by atoms with E-state index in [2.05, 4.69) is 15.0 Å². The summed E-state index contributed by atoms with van der Waals surface area (Å²) in [6, 6.07) is 5.78. The molecule has 0 aliphatic heterocycles. The van der Waals surface area contributed by atoms with E-state index in [1.807, 2.05) is 6.92 Å². The number of aromatic amines is 1. The van der Waals surface area contributed by atoms with Crippen molar-refractivity contribution < 1.29 is 12.8 Å². The van der Waals surface area contributed by atoms with Crippen LogP contribution in [0.4, 0.5) is 10.1 Å². The zero-order chi connectivity index (χ0) is 15.5. The predicted octanol–water partition coefficient (Wildman–Crippen LogP) is 2.37. The molecular formula is C14H18FN3O2S. The van der Waals surface area contributed by atoms with E-state index in [9.17, 15) is 12.8 Å². The summed E-state index contributed by atoms with van der Waals surface area (Å²) >= 11 is 0. The molecule has 0 amide bonds. The van der Waals surface area contributed by atoms with Crippen LogP contribution in [-0.4, -0.2) is 19.9 Å². The summed E-state index contributed by atoms with van der Waals surface area (Å²) in [7, 11) is -3.72. The molecule has 0 saturated carbocycles. The van der Waals surface area contributed by atoms with Crippen molar-refractivity contribution in [2.24, 2.45) is 0 Å². The Labute approximate surface area is 123 Å². The minimum Gasteiger partial charge on any atom is -0.363 e. The molecule has 5 nitrogen and oxygen atoms in total. The molecule has 0 saturated heterocycles. The van der Waals surface area contributed by atoms with E-state index >= 15 is 0 Å². The van der Waals surface area contributed by atoms with Gasteiger partial charge in [0, 0.05) is 18.4 Å². The molecule has 0 aliphatic carbocycles. The predicted molar refractivity (Wildman–Crippen MR) is 80.1 cm³/mol. The third kappa shape index (κ3) is 3.83. The van der Waals surface area contributed by atoms with Gasteiger partial charge in [-0.1, -0.05) is 13.0 Å². The number of halogens is 1. The Morgan fingerprint density at radius 3 is 2.71 bits per heavy atom. The first-order chi connectivity index (χ1) is 9.92. The van der Waals surface area contributed by atoms with Crippen molar-refractivity contribution in [2.45, 2.75) is 25.3 Å². The first-order valence-electron chi connectivity index (χ1n) is 6.59. The lowest BCUT2D eigenvalue weighted by molar-refractivity contribution is 0.601. The van der Waals surface area contributed by atoms with Crippen molar-refractivity contribution in [2.75, 3.05) is 11.3 Å². The largest absolute Gasteiger partial charge is 0.363 e. The topological polar surface area (TPSA) is 74.0 Å². The third-order valence-electron chi connectivity index (χ3n) is 3.02. The monoisotopic (exact) mass is 311 g/mol. The molecular weight excluding hydrogens is 293 g/mol. The molecule has 0 fully saturated rings. The fraction of sp³-hybridized carbons (Fsp3) is 0.286. The molecule has 0 unspecified atom stereocenters. The van der Waals surface area contributed by atoms with Crippen LogP contribution < -0.4 is 10.0 Å². The van der Waals surface area contributed by atoms with Gasteiger partial charge < -0.3 is 10.3 Å². The van der Waals surface area contributed by atoms with Gasteiger partial charge in [-0.3, -0.25) is 4.72 Å². The number of H-pyrrole nitrogens is 1. The first kappa shape index (κ1) is 15.5. The summed E-state index contributed by atoms with van der Waals surface area (Å²) < 4.78 is 40.2. The Morgan fingerprint density at radius 2 is 2.05 bits per heavy atom. The lowest BCUT2D eigenvalue weighted by atomic mass is 10.2. The molecule has 1 heterocycles. The number of benzene rings is 1. The van der Waals surface area contributed by atoms with Crippen LogP contribution in [0.2, 0.25) is 0 Å². The van der Waals surface area contributed by atoms with Crippen LogP contribution in [0, 0.1) is 12.7 Å². The molecule has 2 rings (SSSR count). The summed E-state index contributed by atoms with van der Waals surface area (Å²) in [6.07, 6.45) is 1.42. The second-order valence-electron chi connectivity index (χ2n) is 4.71. The van der Waals surface area contributed by atoms with Gasteiger partial charge in [0.05, 0.1) is 5.69 Å². The smallest absolute Gasteiger partial charge is 0.263 e. The number of nitrogens with one attached hydrogen (secondary N) is 3. The van der Waals surface area contributed by atoms with E-state index in [-0.39, 0.29) is 10.6 Å². The van der Waals surface area contributed by atoms with Crippen LogP contribution in [0.15, 0.2) is 35.4 Å². The molecule has 114 valence electrons. The molecule has 0 atom stereocenters. The normalized spacial score (nSPS) is 11.6. The lowest BCUT2D eigenvalue weighted by Gasteiger charge is -2.07. The molecule has 0 spiro atoms. The highest BCUT2D eigenvalue weighted by Gasteiger charge is 2.16. The average Bonchev–Trinajstić information content (AvgIpc) is 2.90. The van der Waals surface area contributed by atoms with Crippen LogP contribution in [0.1, 0.15) is 18.2 Å². The number of rotatable bonds is 6. The van der Waals surface area contributed by atoms with E-state index in [0.717, 1.165) is 12.2 Å². The van der Waals surface area contributed by atoms with E-state index in [1.54, 1.807) is 13.0 Å². The molecule has 7 heteroatoms. The van der Waals surface area contributed by atoms with Gasteiger partial charge >= 0.3 is 0 Å². The van der Waals surface area contributed by atoms with Gasteiger partial charge in [-0.15, -0.1) is 0 Å². The Kier molecular flexibility index (Phi) is 4.64. The maximum absolute atomic E-state index is 13.5. The number of aromatic nitrogens is 1. The number of anilines is 1. The highest BCUT2D eigenvalue weighted by molar-refractivity contribution is 7.92. The summed E-state index contributed by atoms with van der Waals surface area (Å²) in [5.41, 5.74) is 1.44. The highest BCUT2D eigenvalue weighted by atomic mass is 32.2. The van der Waals surface area contributed by atoms with Crippen molar-refractivity contribution >= 4 is 15.7 Å². The van der Waals surface area contributed by atoms with E-state index in [0.29, 0.717) is 12.1 Å². The highest BCUT2D eigenvalue weighted by Crippen LogP contribution is 2.19. The van der Waals surface area contributed by atoms with Crippen LogP contribution in [0.3, 0.4) is 0 Å². The Morgan fingerprint density at radius 1 is 1.29 bits per heavy atom. The molecule has 1 aromatic carbocycles. The number of hydrogen-bond acceptors (Lipinski definition) is 3. The molecule has 3 N–H and O–H groups in total. The van der Waals surface area contributed by atoms with Crippen molar-refractivity contribution in [3.63, 3.8) is 0 Å². The summed E-state index contributed by atoms with van der Waals surface area (Å²) in [4.78, 5) is 3.02. The number of sulfonamides is 1. The van der Waals surface area contributed by atoms with Gasteiger partial charge in [0.25, 0.3) is 10.0 Å². The quantitative estimate of drug-likeness (QED) is 0.767. The minimum absolute atomic E-state index is 0.122. The fourth-order valence-electron chi connectivity index (χ4n) is 1.81. The van der Waals surface area contributed by atoms with Crippen molar-refractivity contribution in [3.05, 3.63) is 47.5 Å². The van der Waals surface area contributed by atoms with Gasteiger partial charge in [0.2, 0.25) is 0 Å². The number of aryl methyl sites for hydroxylation is 1. The van der Waals surface area contributed by atoms with Crippen LogP contribution in [0.25, 0.3) is 0 Å². The summed E-state index contributed by atoms with van der Waals surface area (Å²) in [6.45, 7) is 4.94. The minimum atomic E-state index is -3.72. The Balaban J connectivity index is 2.17. The van der Waals surface area contributed by atoms with E-state index < -0.39 is 15.8 Å². The Hall–Kier alpha value is -1.86. The third-order valence-corrected chi connectivity index (χ3v) is 4.38. The zero-order valence-corrected chi connectivity index (χ0v) is 12.7. The van der Waals surface area contributed by atoms with Crippen molar-refractivity contribution in [1.82, 2.24) is 10.3 Å². The summed E-state index contributed by atoms with van der Waals surface area (Å²) in [5, 5.41) is 3.10. The van der Waals surface area contributed by atoms with Gasteiger partial charge in [-0.05, 0) is 37.2 Å². The SMILES string of the molecule is CCNCc1cc(S(=O)(=O)Nc2ccc(C)c(F)c2)c[nH]1. The van der Waals surface area contributed by atoms with E-state index in [4.69, 9.17) is 0 Å². The second kappa shape index (κ2) is 6.28. The molecule has 0 radical (unpaired) electrons. The van der Waals surface area contributed by atoms with Crippen LogP contribution in [0.5, 0.6) is 0 Å². The maximum atomic E-state index is 13.5. The average molecular weight is 311 g/mol. The van der Waals surface area contributed by atoms with E-state index in [1.165, 1.54) is 24.4 Å². The molecule has 2 aromatic rings. The van der Waals surface area contributed by atoms with Gasteiger partial charge in [-0.2, -0.15) is 0 Å². The van der Waals surface area contributed by atoms with Crippen LogP contribution in [-0.2, 0) is 16.6 Å². The van der Waals surface area contributed by atoms with Crippen molar-refractivity contribution in [3.8, 4) is 0 Å². The molecule has 0 aliphatic rings. The van der Waals surface area contributed by atoms with Crippen LogP contribution >= 0.6 is 0 Å². The van der Waals surface area contributed by atoms with Gasteiger partial charge in [0.1, 0.15) is 10.7 Å². The molecule has 0 bridgehead atoms. The maximum Gasteiger partial charge on any atom is 0.263 e. The van der Waals surface area contributed by atoms with Crippen molar-refractivity contribution in [1.29, 1.82) is 0 Å². The fourth-order valence-corrected chi connectivity index (χ4v) is 2.87. The Bertz CT molecular complexity index is 726. The lowest BCUT2D eigenvalue weighted by Crippen LogP contribution is -2.13. The standard InChI is InChI=1S/C14H18FN3O2S/c1-3-16-8-12-6-13(9-17-12)21(19,20)18-11-5-4-10(2)14(15)7-11/h4-7,9,16-18H,3,8H2,1-2H3. The summed E-state index contributed by atoms with van der Waals surface area (Å²) in [5.74, 6) is -0.447. The molecule has 1 aromatic heterocycles. The molecule has 21 heavy (non-hydrogen) atoms. The number of hydrogen-bond donors (Lipinski definition) is 3. The second-order valence-corrected chi connectivity index (χ2v) is 6.39. The zero-order valence-electron chi connectivity index (χ0n) is 11.9. The van der Waals surface area contributed by atoms with Gasteiger partial charge in [-0.25, -0.2) is 12.8 Å². The first-order valence-corrected chi connectivity index (χ1v) is 8.07. The van der Waals surface area contributed by atoms with Gasteiger partial charge in [0.15, 0.2) is 0 Å².